The molecule has 1 fully saturated rings. The van der Waals surface area contributed by atoms with Gasteiger partial charge in [-0.2, -0.15) is 0 Å². The molecule has 0 radical (unpaired) electrons. The number of rotatable bonds is 2. The number of nitrogens with one attached hydrogen (secondary N) is 1. The summed E-state index contributed by atoms with van der Waals surface area (Å²) in [6, 6.07) is 15.7. The minimum atomic E-state index is 0.681. The van der Waals surface area contributed by atoms with Crippen LogP contribution in [-0.2, 0) is 0 Å². The molecule has 0 aromatic heterocycles. The number of benzene rings is 2. The van der Waals surface area contributed by atoms with Crippen LogP contribution >= 0.6 is 0 Å². The normalized spacial score (nSPS) is 24.1. The summed E-state index contributed by atoms with van der Waals surface area (Å²) >= 11 is 0. The molecule has 1 heteroatoms. The van der Waals surface area contributed by atoms with E-state index < -0.39 is 0 Å². The molecule has 0 aliphatic heterocycles. The first-order valence-electron chi connectivity index (χ1n) is 6.07. The summed E-state index contributed by atoms with van der Waals surface area (Å²) in [7, 11) is 0. The standard InChI is InChI=1S/C15H17N/c1-11-9-13(10-11)16-15-8-4-6-12-5-2-3-7-14(12)15/h2-8,11,13,16H,9-10H2,1H3. The van der Waals surface area contributed by atoms with Gasteiger partial charge in [0.15, 0.2) is 0 Å². The summed E-state index contributed by atoms with van der Waals surface area (Å²) in [5.74, 6) is 0.896. The van der Waals surface area contributed by atoms with Crippen molar-refractivity contribution >= 4 is 16.5 Å². The first kappa shape index (κ1) is 9.71. The molecule has 3 rings (SSSR count). The summed E-state index contributed by atoms with van der Waals surface area (Å²) < 4.78 is 0. The van der Waals surface area contributed by atoms with Crippen LogP contribution in [0.1, 0.15) is 19.8 Å². The van der Waals surface area contributed by atoms with E-state index in [1.54, 1.807) is 0 Å². The Labute approximate surface area is 96.5 Å². The van der Waals surface area contributed by atoms with Crippen molar-refractivity contribution in [1.82, 2.24) is 0 Å². The topological polar surface area (TPSA) is 12.0 Å². The van der Waals surface area contributed by atoms with Gasteiger partial charge in [0.1, 0.15) is 0 Å². The highest BCUT2D eigenvalue weighted by Gasteiger charge is 2.25. The molecule has 0 spiro atoms. The highest BCUT2D eigenvalue weighted by Crippen LogP contribution is 2.31. The molecule has 0 bridgehead atoms. The molecule has 0 unspecified atom stereocenters. The van der Waals surface area contributed by atoms with Crippen LogP contribution in [0.25, 0.3) is 10.8 Å². The average Bonchev–Trinajstić information content (AvgIpc) is 2.27. The Morgan fingerprint density at radius 2 is 1.75 bits per heavy atom. The van der Waals surface area contributed by atoms with Crippen LogP contribution in [-0.4, -0.2) is 6.04 Å². The molecule has 2 aromatic rings. The van der Waals surface area contributed by atoms with Gasteiger partial charge in [-0.15, -0.1) is 0 Å². The Kier molecular flexibility index (Phi) is 2.32. The Morgan fingerprint density at radius 1 is 1.00 bits per heavy atom. The molecular weight excluding hydrogens is 194 g/mol. The fourth-order valence-corrected chi connectivity index (χ4v) is 2.59. The zero-order valence-corrected chi connectivity index (χ0v) is 9.61. The Balaban J connectivity index is 1.91. The molecular formula is C15H17N. The predicted octanol–water partition coefficient (Wildman–Crippen LogP) is 4.05. The minimum Gasteiger partial charge on any atom is -0.382 e. The van der Waals surface area contributed by atoms with Gasteiger partial charge in [0.25, 0.3) is 0 Å². The van der Waals surface area contributed by atoms with Gasteiger partial charge in [-0.25, -0.2) is 0 Å². The molecule has 16 heavy (non-hydrogen) atoms. The second-order valence-corrected chi connectivity index (χ2v) is 4.94. The molecule has 1 saturated carbocycles. The van der Waals surface area contributed by atoms with Gasteiger partial charge in [-0.1, -0.05) is 43.3 Å². The first-order chi connectivity index (χ1) is 7.83. The molecule has 82 valence electrons. The van der Waals surface area contributed by atoms with Gasteiger partial charge in [0, 0.05) is 17.1 Å². The molecule has 1 nitrogen and oxygen atoms in total. The molecule has 2 aromatic carbocycles. The van der Waals surface area contributed by atoms with Crippen molar-refractivity contribution in [3.63, 3.8) is 0 Å². The number of anilines is 1. The maximum Gasteiger partial charge on any atom is 0.0422 e. The monoisotopic (exact) mass is 211 g/mol. The molecule has 0 saturated heterocycles. The van der Waals surface area contributed by atoms with Crippen molar-refractivity contribution in [2.45, 2.75) is 25.8 Å². The smallest absolute Gasteiger partial charge is 0.0422 e. The van der Waals surface area contributed by atoms with E-state index in [1.807, 2.05) is 0 Å². The lowest BCUT2D eigenvalue weighted by Crippen LogP contribution is -2.33. The highest BCUT2D eigenvalue weighted by atomic mass is 14.9. The van der Waals surface area contributed by atoms with Gasteiger partial charge in [0.2, 0.25) is 0 Å². The third-order valence-electron chi connectivity index (χ3n) is 3.52. The SMILES string of the molecule is CC1CC(Nc2cccc3ccccc23)C1. The molecule has 0 amide bonds. The molecule has 0 heterocycles. The quantitative estimate of drug-likeness (QED) is 0.790. The average molecular weight is 211 g/mol. The Bertz CT molecular complexity index is 492. The van der Waals surface area contributed by atoms with Crippen LogP contribution in [0.4, 0.5) is 5.69 Å². The lowest BCUT2D eigenvalue weighted by molar-refractivity contribution is 0.309. The summed E-state index contributed by atoms with van der Waals surface area (Å²) in [4.78, 5) is 0. The Hall–Kier alpha value is -1.50. The summed E-state index contributed by atoms with van der Waals surface area (Å²) in [5, 5.41) is 6.31. The van der Waals surface area contributed by atoms with Crippen molar-refractivity contribution in [3.05, 3.63) is 42.5 Å². The number of hydrogen-bond acceptors (Lipinski definition) is 1. The fraction of sp³-hybridized carbons (Fsp3) is 0.333. The summed E-state index contributed by atoms with van der Waals surface area (Å²) in [6.45, 7) is 2.32. The second-order valence-electron chi connectivity index (χ2n) is 4.94. The summed E-state index contributed by atoms with van der Waals surface area (Å²) in [6.07, 6.45) is 2.62. The van der Waals surface area contributed by atoms with Crippen LogP contribution in [0.5, 0.6) is 0 Å². The lowest BCUT2D eigenvalue weighted by atomic mass is 9.81. The highest BCUT2D eigenvalue weighted by molar-refractivity contribution is 5.93. The van der Waals surface area contributed by atoms with E-state index in [4.69, 9.17) is 0 Å². The van der Waals surface area contributed by atoms with Crippen LogP contribution in [0.2, 0.25) is 0 Å². The maximum absolute atomic E-state index is 3.65. The zero-order valence-electron chi connectivity index (χ0n) is 9.61. The third kappa shape index (κ3) is 1.67. The Morgan fingerprint density at radius 3 is 2.56 bits per heavy atom. The largest absolute Gasteiger partial charge is 0.382 e. The number of hydrogen-bond donors (Lipinski definition) is 1. The van der Waals surface area contributed by atoms with Gasteiger partial charge >= 0.3 is 0 Å². The van der Waals surface area contributed by atoms with E-state index in [0.29, 0.717) is 6.04 Å². The second kappa shape index (κ2) is 3.82. The van der Waals surface area contributed by atoms with E-state index in [2.05, 4.69) is 54.7 Å². The van der Waals surface area contributed by atoms with Crippen LogP contribution in [0.15, 0.2) is 42.5 Å². The van der Waals surface area contributed by atoms with Gasteiger partial charge < -0.3 is 5.32 Å². The van der Waals surface area contributed by atoms with Gasteiger partial charge in [0.05, 0.1) is 0 Å². The fourth-order valence-electron chi connectivity index (χ4n) is 2.59. The van der Waals surface area contributed by atoms with Crippen molar-refractivity contribution < 1.29 is 0 Å². The van der Waals surface area contributed by atoms with E-state index in [-0.39, 0.29) is 0 Å². The van der Waals surface area contributed by atoms with E-state index in [1.165, 1.54) is 29.3 Å². The first-order valence-corrected chi connectivity index (χ1v) is 6.07. The molecule has 1 aliphatic rings. The lowest BCUT2D eigenvalue weighted by Gasteiger charge is -2.34. The summed E-state index contributed by atoms with van der Waals surface area (Å²) in [5.41, 5.74) is 1.29. The van der Waals surface area contributed by atoms with Crippen LogP contribution < -0.4 is 5.32 Å². The van der Waals surface area contributed by atoms with E-state index in [0.717, 1.165) is 5.92 Å². The van der Waals surface area contributed by atoms with Gasteiger partial charge in [-0.3, -0.25) is 0 Å². The zero-order chi connectivity index (χ0) is 11.0. The van der Waals surface area contributed by atoms with Gasteiger partial charge in [-0.05, 0) is 30.2 Å². The van der Waals surface area contributed by atoms with Crippen molar-refractivity contribution in [1.29, 1.82) is 0 Å². The maximum atomic E-state index is 3.65. The van der Waals surface area contributed by atoms with Crippen molar-refractivity contribution in [2.75, 3.05) is 5.32 Å². The number of fused-ring (bicyclic) bond motifs is 1. The van der Waals surface area contributed by atoms with Crippen LogP contribution in [0.3, 0.4) is 0 Å². The van der Waals surface area contributed by atoms with Crippen molar-refractivity contribution in [3.8, 4) is 0 Å². The third-order valence-corrected chi connectivity index (χ3v) is 3.52. The van der Waals surface area contributed by atoms with Crippen molar-refractivity contribution in [2.24, 2.45) is 5.92 Å². The van der Waals surface area contributed by atoms with E-state index in [9.17, 15) is 0 Å². The molecule has 1 N–H and O–H groups in total. The predicted molar refractivity (Wildman–Crippen MR) is 69.8 cm³/mol. The molecule has 1 aliphatic carbocycles. The minimum absolute atomic E-state index is 0.681. The molecule has 0 atom stereocenters. The van der Waals surface area contributed by atoms with E-state index >= 15 is 0 Å². The van der Waals surface area contributed by atoms with Crippen LogP contribution in [0, 0.1) is 5.92 Å².